The van der Waals surface area contributed by atoms with Crippen LogP contribution in [0.25, 0.3) is 6.08 Å². The maximum atomic E-state index is 12.9. The third kappa shape index (κ3) is 6.29. The van der Waals surface area contributed by atoms with Crippen molar-refractivity contribution in [3.8, 4) is 0 Å². The van der Waals surface area contributed by atoms with E-state index in [4.69, 9.17) is 5.11 Å². The monoisotopic (exact) mass is 337 g/mol. The topological polar surface area (TPSA) is 74.2 Å². The number of hydrogen-bond donors (Lipinski definition) is 3. The van der Waals surface area contributed by atoms with E-state index in [1.54, 1.807) is 12.1 Å². The number of anilines is 1. The fourth-order valence-corrected chi connectivity index (χ4v) is 1.97. The zero-order valence-corrected chi connectivity index (χ0v) is 12.8. The molecule has 8 heteroatoms. The molecule has 1 aliphatic rings. The summed E-state index contributed by atoms with van der Waals surface area (Å²) in [6, 6.07) is 3.70. The summed E-state index contributed by atoms with van der Waals surface area (Å²) in [6.45, 7) is 1.95. The molecule has 0 radical (unpaired) electrons. The minimum Gasteiger partial charge on any atom is -0.476 e. The Kier molecular flexibility index (Phi) is 8.92. The predicted molar refractivity (Wildman–Crippen MR) is 85.0 cm³/mol. The maximum Gasteiger partial charge on any atom is 0.364 e. The van der Waals surface area contributed by atoms with E-state index >= 15 is 0 Å². The Morgan fingerprint density at radius 3 is 2.76 bits per heavy atom. The van der Waals surface area contributed by atoms with Gasteiger partial charge in [-0.05, 0) is 43.2 Å². The van der Waals surface area contributed by atoms with Crippen molar-refractivity contribution in [1.29, 1.82) is 0 Å². The second-order valence-electron chi connectivity index (χ2n) is 4.46. The average molecular weight is 338 g/mol. The first-order chi connectivity index (χ1) is 9.15. The predicted octanol–water partition coefficient (Wildman–Crippen LogP) is 2.48. The minimum atomic E-state index is -1.57. The summed E-state index contributed by atoms with van der Waals surface area (Å²) in [5.41, 5.74) is 0.423. The van der Waals surface area contributed by atoms with Crippen LogP contribution in [-0.2, 0) is 4.79 Å². The Morgan fingerprint density at radius 2 is 2.24 bits per heavy atom. The fraction of sp³-hybridized carbons (Fsp3) is 0.385. The van der Waals surface area contributed by atoms with E-state index in [9.17, 15) is 9.18 Å². The highest BCUT2D eigenvalue weighted by Crippen LogP contribution is 2.13. The number of nitrogens with zero attached hydrogens (tertiary/aromatic N) is 1. The number of carbonyl (C=O) groups is 1. The van der Waals surface area contributed by atoms with Gasteiger partial charge in [-0.15, -0.1) is 24.8 Å². The second-order valence-corrected chi connectivity index (χ2v) is 4.46. The lowest BCUT2D eigenvalue weighted by Gasteiger charge is -2.24. The molecule has 0 bridgehead atoms. The number of aliphatic carboxylic acids is 1. The van der Waals surface area contributed by atoms with Crippen LogP contribution in [0.1, 0.15) is 18.4 Å². The highest BCUT2D eigenvalue weighted by atomic mass is 35.5. The first kappa shape index (κ1) is 19.6. The number of pyridine rings is 1. The van der Waals surface area contributed by atoms with Gasteiger partial charge in [-0.25, -0.2) is 9.78 Å². The van der Waals surface area contributed by atoms with E-state index < -0.39 is 11.8 Å². The van der Waals surface area contributed by atoms with Gasteiger partial charge in [0.05, 0.1) is 0 Å². The SMILES string of the molecule is Cl.Cl.O=C(O)/C(F)=C/c1ccc(N[C@@H]2CCCNC2)nc1. The summed E-state index contributed by atoms with van der Waals surface area (Å²) in [4.78, 5) is 14.5. The molecule has 1 aromatic rings. The summed E-state index contributed by atoms with van der Waals surface area (Å²) in [6.07, 6.45) is 4.61. The van der Waals surface area contributed by atoms with Gasteiger partial charge in [0.25, 0.3) is 0 Å². The highest BCUT2D eigenvalue weighted by molar-refractivity contribution is 5.89. The Hall–Kier alpha value is -1.37. The van der Waals surface area contributed by atoms with Crippen molar-refractivity contribution < 1.29 is 14.3 Å². The summed E-state index contributed by atoms with van der Waals surface area (Å²) >= 11 is 0. The van der Waals surface area contributed by atoms with Gasteiger partial charge in [-0.3, -0.25) is 0 Å². The summed E-state index contributed by atoms with van der Waals surface area (Å²) in [5.74, 6) is -2.06. The molecule has 2 heterocycles. The Balaban J connectivity index is 0.00000200. The Labute approximate surface area is 134 Å². The molecule has 1 aromatic heterocycles. The Bertz CT molecular complexity index is 477. The van der Waals surface area contributed by atoms with Crippen LogP contribution in [0.15, 0.2) is 24.2 Å². The van der Waals surface area contributed by atoms with Crippen LogP contribution in [0.2, 0.25) is 0 Å². The van der Waals surface area contributed by atoms with Gasteiger partial charge < -0.3 is 15.7 Å². The second kappa shape index (κ2) is 9.55. The fourth-order valence-electron chi connectivity index (χ4n) is 1.97. The van der Waals surface area contributed by atoms with Gasteiger partial charge in [0.15, 0.2) is 0 Å². The molecule has 0 saturated carbocycles. The number of piperidine rings is 1. The number of halogens is 3. The lowest BCUT2D eigenvalue weighted by atomic mass is 10.1. The third-order valence-corrected chi connectivity index (χ3v) is 2.93. The molecule has 0 aliphatic carbocycles. The number of carboxylic acids is 1. The van der Waals surface area contributed by atoms with Crippen molar-refractivity contribution in [2.45, 2.75) is 18.9 Å². The van der Waals surface area contributed by atoms with E-state index in [0.29, 0.717) is 17.4 Å². The van der Waals surface area contributed by atoms with Crippen LogP contribution in [-0.4, -0.2) is 35.2 Å². The molecule has 1 fully saturated rings. The molecule has 118 valence electrons. The number of carboxylic acid groups (broad SMARTS) is 1. The van der Waals surface area contributed by atoms with Gasteiger partial charge in [-0.2, -0.15) is 4.39 Å². The summed E-state index contributed by atoms with van der Waals surface area (Å²) < 4.78 is 12.9. The van der Waals surface area contributed by atoms with Crippen molar-refractivity contribution in [2.75, 3.05) is 18.4 Å². The van der Waals surface area contributed by atoms with E-state index in [1.807, 2.05) is 0 Å². The molecule has 0 spiro atoms. The van der Waals surface area contributed by atoms with Gasteiger partial charge >= 0.3 is 5.97 Å². The molecule has 0 aromatic carbocycles. The highest BCUT2D eigenvalue weighted by Gasteiger charge is 2.12. The van der Waals surface area contributed by atoms with Crippen LogP contribution in [0.3, 0.4) is 0 Å². The molecule has 0 amide bonds. The molecule has 21 heavy (non-hydrogen) atoms. The summed E-state index contributed by atoms with van der Waals surface area (Å²) in [5, 5.41) is 15.0. The van der Waals surface area contributed by atoms with Crippen molar-refractivity contribution >= 4 is 42.7 Å². The summed E-state index contributed by atoms with van der Waals surface area (Å²) in [7, 11) is 0. The number of hydrogen-bond acceptors (Lipinski definition) is 4. The molecular formula is C13H18Cl2FN3O2. The number of aromatic nitrogens is 1. The van der Waals surface area contributed by atoms with Gasteiger partial charge in [0, 0.05) is 18.8 Å². The largest absolute Gasteiger partial charge is 0.476 e. The van der Waals surface area contributed by atoms with Gasteiger partial charge in [-0.1, -0.05) is 0 Å². The normalized spacial score (nSPS) is 18.1. The van der Waals surface area contributed by atoms with E-state index in [-0.39, 0.29) is 24.8 Å². The van der Waals surface area contributed by atoms with Gasteiger partial charge in [0.2, 0.25) is 5.83 Å². The lowest BCUT2D eigenvalue weighted by molar-refractivity contribution is -0.134. The zero-order valence-electron chi connectivity index (χ0n) is 11.2. The molecule has 1 atom stereocenters. The number of rotatable bonds is 4. The van der Waals surface area contributed by atoms with Crippen molar-refractivity contribution in [3.63, 3.8) is 0 Å². The molecule has 3 N–H and O–H groups in total. The molecular weight excluding hydrogens is 320 g/mol. The first-order valence-electron chi connectivity index (χ1n) is 6.19. The molecule has 1 aliphatic heterocycles. The zero-order chi connectivity index (χ0) is 13.7. The van der Waals surface area contributed by atoms with E-state index in [1.165, 1.54) is 6.20 Å². The quantitative estimate of drug-likeness (QED) is 0.736. The minimum absolute atomic E-state index is 0. The first-order valence-corrected chi connectivity index (χ1v) is 6.19. The van der Waals surface area contributed by atoms with Crippen LogP contribution in [0.5, 0.6) is 0 Å². The lowest BCUT2D eigenvalue weighted by Crippen LogP contribution is -2.38. The number of nitrogens with one attached hydrogen (secondary N) is 2. The van der Waals surface area contributed by atoms with Crippen molar-refractivity contribution in [1.82, 2.24) is 10.3 Å². The molecule has 2 rings (SSSR count). The van der Waals surface area contributed by atoms with E-state index in [0.717, 1.165) is 32.0 Å². The van der Waals surface area contributed by atoms with Crippen molar-refractivity contribution in [3.05, 3.63) is 29.7 Å². The van der Waals surface area contributed by atoms with Crippen LogP contribution in [0, 0.1) is 0 Å². The molecule has 5 nitrogen and oxygen atoms in total. The average Bonchev–Trinajstić information content (AvgIpc) is 2.42. The van der Waals surface area contributed by atoms with Crippen LogP contribution >= 0.6 is 24.8 Å². The molecule has 0 unspecified atom stereocenters. The molecule has 1 saturated heterocycles. The smallest absolute Gasteiger partial charge is 0.364 e. The maximum absolute atomic E-state index is 12.9. The van der Waals surface area contributed by atoms with Crippen LogP contribution in [0.4, 0.5) is 10.2 Å². The van der Waals surface area contributed by atoms with E-state index in [2.05, 4.69) is 15.6 Å². The standard InChI is InChI=1S/C13H16FN3O2.2ClH/c14-11(13(18)19)6-9-3-4-12(16-7-9)17-10-2-1-5-15-8-10;;/h3-4,6-7,10,15H,1-2,5,8H2,(H,16,17)(H,18,19);2*1H/b11-6-;;/t10-;;/m1../s1. The van der Waals surface area contributed by atoms with Crippen LogP contribution < -0.4 is 10.6 Å². The Morgan fingerprint density at radius 1 is 1.48 bits per heavy atom. The third-order valence-electron chi connectivity index (χ3n) is 2.93. The van der Waals surface area contributed by atoms with Crippen molar-refractivity contribution in [2.24, 2.45) is 0 Å². The van der Waals surface area contributed by atoms with Gasteiger partial charge in [0.1, 0.15) is 5.82 Å².